The molecule has 35 heavy (non-hydrogen) atoms. The summed E-state index contributed by atoms with van der Waals surface area (Å²) in [5, 5.41) is 16.0. The normalized spacial score (nSPS) is 14.8. The van der Waals surface area contributed by atoms with E-state index in [4.69, 9.17) is 25.5 Å². The van der Waals surface area contributed by atoms with Crippen molar-refractivity contribution in [2.24, 2.45) is 21.6 Å². The third kappa shape index (κ3) is 5.68. The largest absolute Gasteiger partial charge is 0.493 e. The van der Waals surface area contributed by atoms with Crippen molar-refractivity contribution in [2.45, 2.75) is 39.7 Å². The molecule has 1 unspecified atom stereocenters. The molecule has 11 heteroatoms. The standard InChI is InChI=1S/C24H32N6O5/c1-24(2,3)21-10-14-9-20(35-8-6-7-33-4)19(34-5)11-15(14)17-12-18(31)16(13-30(17)21)22(32)27-23(25)28-29-26/h9,11-13,21H,6-8,10H2,1-5H3,(H4,25,26,27,28,32). The van der Waals surface area contributed by atoms with E-state index in [1.54, 1.807) is 20.4 Å². The second-order valence-electron chi connectivity index (χ2n) is 9.30. The number of nitrogens with one attached hydrogen (secondary N) is 2. The molecule has 0 spiro atoms. The lowest BCUT2D eigenvalue weighted by Gasteiger charge is -2.39. The Kier molecular flexibility index (Phi) is 7.90. The fourth-order valence-corrected chi connectivity index (χ4v) is 4.15. The summed E-state index contributed by atoms with van der Waals surface area (Å²) in [7, 11) is 3.22. The van der Waals surface area contributed by atoms with Gasteiger partial charge in [0, 0.05) is 44.0 Å². The average Bonchev–Trinajstić information content (AvgIpc) is 2.79. The van der Waals surface area contributed by atoms with Crippen LogP contribution >= 0.6 is 0 Å². The molecule has 1 aromatic heterocycles. The van der Waals surface area contributed by atoms with Crippen molar-refractivity contribution in [1.82, 2.24) is 9.88 Å². The van der Waals surface area contributed by atoms with Crippen LogP contribution in [0.15, 0.2) is 39.5 Å². The lowest BCUT2D eigenvalue weighted by molar-refractivity contribution is 0.0973. The zero-order chi connectivity index (χ0) is 25.8. The van der Waals surface area contributed by atoms with Gasteiger partial charge in [-0.3, -0.25) is 20.3 Å². The zero-order valence-corrected chi connectivity index (χ0v) is 20.7. The summed E-state index contributed by atoms with van der Waals surface area (Å²) in [6.07, 6.45) is 2.94. The van der Waals surface area contributed by atoms with E-state index in [1.165, 1.54) is 6.07 Å². The maximum absolute atomic E-state index is 13.0. The van der Waals surface area contributed by atoms with Crippen molar-refractivity contribution in [3.05, 3.63) is 45.7 Å². The van der Waals surface area contributed by atoms with Crippen molar-refractivity contribution >= 4 is 11.9 Å². The van der Waals surface area contributed by atoms with E-state index in [2.05, 4.69) is 36.4 Å². The van der Waals surface area contributed by atoms with Crippen LogP contribution in [-0.2, 0) is 11.2 Å². The number of hydrogen-bond acceptors (Lipinski definition) is 7. The van der Waals surface area contributed by atoms with Gasteiger partial charge in [0.2, 0.25) is 5.96 Å². The van der Waals surface area contributed by atoms with Gasteiger partial charge in [0.25, 0.3) is 5.91 Å². The molecule has 1 aliphatic rings. The first-order chi connectivity index (χ1) is 16.6. The number of pyridine rings is 1. The van der Waals surface area contributed by atoms with E-state index in [0.29, 0.717) is 36.8 Å². The Balaban J connectivity index is 2.10. The number of amides is 1. The first-order valence-electron chi connectivity index (χ1n) is 11.2. The highest BCUT2D eigenvalue weighted by Crippen LogP contribution is 2.45. The first-order valence-corrected chi connectivity index (χ1v) is 11.2. The smallest absolute Gasteiger partial charge is 0.263 e. The van der Waals surface area contributed by atoms with Crippen molar-refractivity contribution in [2.75, 3.05) is 27.4 Å². The Morgan fingerprint density at radius 3 is 2.60 bits per heavy atom. The average molecular weight is 485 g/mol. The summed E-state index contributed by atoms with van der Waals surface area (Å²) in [6.45, 7) is 7.40. The Morgan fingerprint density at radius 2 is 1.97 bits per heavy atom. The molecule has 3 rings (SSSR count). The molecule has 4 N–H and O–H groups in total. The fraction of sp³-hybridized carbons (Fsp3) is 0.458. The maximum Gasteiger partial charge on any atom is 0.263 e. The number of carbonyl (C=O) groups excluding carboxylic acids is 1. The van der Waals surface area contributed by atoms with Crippen LogP contribution in [-0.4, -0.2) is 43.9 Å². The summed E-state index contributed by atoms with van der Waals surface area (Å²) in [5.74, 6) is 4.81. The number of benzene rings is 1. The Hall–Kier alpha value is -3.73. The molecule has 0 fully saturated rings. The van der Waals surface area contributed by atoms with Crippen molar-refractivity contribution < 1.29 is 19.0 Å². The Morgan fingerprint density at radius 1 is 1.23 bits per heavy atom. The zero-order valence-electron chi connectivity index (χ0n) is 20.7. The van der Waals surface area contributed by atoms with Gasteiger partial charge < -0.3 is 24.6 Å². The number of ether oxygens (including phenoxy) is 3. The van der Waals surface area contributed by atoms with Crippen LogP contribution in [0.3, 0.4) is 0 Å². The van der Waals surface area contributed by atoms with Crippen LogP contribution in [0.4, 0.5) is 0 Å². The van der Waals surface area contributed by atoms with Crippen molar-refractivity contribution in [3.8, 4) is 22.8 Å². The predicted octanol–water partition coefficient (Wildman–Crippen LogP) is 3.07. The number of nitrogens with two attached hydrogens (primary N) is 1. The molecule has 1 amide bonds. The fourth-order valence-electron chi connectivity index (χ4n) is 4.15. The molecular formula is C24H32N6O5. The number of guanidine groups is 1. The summed E-state index contributed by atoms with van der Waals surface area (Å²) in [6, 6.07) is 5.21. The minimum absolute atomic E-state index is 0.0601. The highest BCUT2D eigenvalue weighted by molar-refractivity contribution is 6.04. The number of fused-ring (bicyclic) bond motifs is 3. The van der Waals surface area contributed by atoms with Gasteiger partial charge in [-0.2, -0.15) is 0 Å². The summed E-state index contributed by atoms with van der Waals surface area (Å²) < 4.78 is 18.6. The highest BCUT2D eigenvalue weighted by atomic mass is 16.5. The van der Waals surface area contributed by atoms with Crippen LogP contribution in [0.25, 0.3) is 11.3 Å². The molecule has 2 aromatic rings. The minimum Gasteiger partial charge on any atom is -0.493 e. The van der Waals surface area contributed by atoms with Gasteiger partial charge in [-0.05, 0) is 29.5 Å². The van der Waals surface area contributed by atoms with Crippen molar-refractivity contribution in [3.63, 3.8) is 0 Å². The molecule has 0 saturated heterocycles. The molecule has 0 aliphatic carbocycles. The number of nitrogens with zero attached hydrogens (tertiary/aromatic N) is 3. The van der Waals surface area contributed by atoms with Crippen LogP contribution in [0.2, 0.25) is 0 Å². The molecule has 0 saturated carbocycles. The summed E-state index contributed by atoms with van der Waals surface area (Å²) in [4.78, 5) is 25.6. The Bertz CT molecular complexity index is 1200. The molecule has 0 bridgehead atoms. The van der Waals surface area contributed by atoms with E-state index < -0.39 is 17.3 Å². The minimum atomic E-state index is -0.751. The second kappa shape index (κ2) is 10.7. The van der Waals surface area contributed by atoms with Crippen LogP contribution < -0.4 is 26.1 Å². The number of carbonyl (C=O) groups is 1. The quantitative estimate of drug-likeness (QED) is 0.137. The molecule has 1 atom stereocenters. The van der Waals surface area contributed by atoms with E-state index in [-0.39, 0.29) is 17.0 Å². The molecule has 1 aromatic carbocycles. The van der Waals surface area contributed by atoms with E-state index >= 15 is 0 Å². The van der Waals surface area contributed by atoms with Gasteiger partial charge in [0.05, 0.1) is 19.4 Å². The lowest BCUT2D eigenvalue weighted by Crippen LogP contribution is -2.36. The molecule has 11 nitrogen and oxygen atoms in total. The molecule has 188 valence electrons. The van der Waals surface area contributed by atoms with E-state index in [9.17, 15) is 9.59 Å². The van der Waals surface area contributed by atoms with Crippen LogP contribution in [0, 0.1) is 10.8 Å². The van der Waals surface area contributed by atoms with Gasteiger partial charge in [0.15, 0.2) is 16.9 Å². The Labute approximate surface area is 203 Å². The monoisotopic (exact) mass is 484 g/mol. The predicted molar refractivity (Wildman–Crippen MR) is 131 cm³/mol. The third-order valence-corrected chi connectivity index (χ3v) is 5.88. The number of aromatic nitrogens is 1. The summed E-state index contributed by atoms with van der Waals surface area (Å²) in [5.41, 5.74) is 1.75. The first kappa shape index (κ1) is 25.9. The molecular weight excluding hydrogens is 452 g/mol. The lowest BCUT2D eigenvalue weighted by atomic mass is 9.78. The van der Waals surface area contributed by atoms with Gasteiger partial charge in [-0.25, -0.2) is 0 Å². The molecule has 1 aliphatic heterocycles. The SMILES string of the molecule is COCCCOc1cc2c(cc1OC)-c1cc(=O)c(C(=O)NC(=N)N=NN)cn1C(C(C)(C)C)C2. The van der Waals surface area contributed by atoms with Gasteiger partial charge >= 0.3 is 0 Å². The van der Waals surface area contributed by atoms with Gasteiger partial charge in [-0.1, -0.05) is 31.1 Å². The number of hydrogen-bond donors (Lipinski definition) is 3. The third-order valence-electron chi connectivity index (χ3n) is 5.88. The highest BCUT2D eigenvalue weighted by Gasteiger charge is 2.34. The van der Waals surface area contributed by atoms with E-state index in [0.717, 1.165) is 17.5 Å². The van der Waals surface area contributed by atoms with Crippen LogP contribution in [0.1, 0.15) is 49.2 Å². The van der Waals surface area contributed by atoms with Crippen molar-refractivity contribution in [1.29, 1.82) is 5.41 Å². The van der Waals surface area contributed by atoms with Gasteiger partial charge in [0.1, 0.15) is 5.56 Å². The second-order valence-corrected chi connectivity index (χ2v) is 9.30. The number of methoxy groups -OCH3 is 2. The maximum atomic E-state index is 13.0. The van der Waals surface area contributed by atoms with E-state index in [1.807, 2.05) is 16.7 Å². The van der Waals surface area contributed by atoms with Crippen LogP contribution in [0.5, 0.6) is 11.5 Å². The van der Waals surface area contributed by atoms with Gasteiger partial charge in [-0.15, -0.1) is 0 Å². The molecule has 2 heterocycles. The number of rotatable bonds is 7. The summed E-state index contributed by atoms with van der Waals surface area (Å²) >= 11 is 0. The molecule has 0 radical (unpaired) electrons. The topological polar surface area (TPSA) is 153 Å².